The fourth-order valence-corrected chi connectivity index (χ4v) is 2.13. The molecule has 1 N–H and O–H groups in total. The number of anilines is 1. The molecule has 0 heterocycles. The van der Waals surface area contributed by atoms with Crippen molar-refractivity contribution >= 4 is 17.6 Å². The molecule has 0 saturated carbocycles. The van der Waals surface area contributed by atoms with Gasteiger partial charge in [-0.1, -0.05) is 12.1 Å². The van der Waals surface area contributed by atoms with E-state index in [9.17, 15) is 9.59 Å². The molecule has 0 aliphatic heterocycles. The van der Waals surface area contributed by atoms with Crippen molar-refractivity contribution < 1.29 is 19.1 Å². The maximum absolute atomic E-state index is 12.0. The zero-order chi connectivity index (χ0) is 17.5. The minimum Gasteiger partial charge on any atom is -0.493 e. The number of amides is 1. The largest absolute Gasteiger partial charge is 0.493 e. The van der Waals surface area contributed by atoms with Crippen molar-refractivity contribution in [2.45, 2.75) is 20.3 Å². The van der Waals surface area contributed by atoms with Crippen LogP contribution in [-0.2, 0) is 9.53 Å². The van der Waals surface area contributed by atoms with E-state index in [4.69, 9.17) is 4.74 Å². The van der Waals surface area contributed by atoms with Gasteiger partial charge >= 0.3 is 5.97 Å². The Morgan fingerprint density at radius 1 is 1.04 bits per heavy atom. The van der Waals surface area contributed by atoms with E-state index in [1.165, 1.54) is 12.7 Å². The monoisotopic (exact) mass is 327 g/mol. The molecule has 0 atom stereocenters. The SMILES string of the molecule is COC(=O)c1cccc(NC(=O)CCOc2ccc(C)c(C)c2)c1. The maximum atomic E-state index is 12.0. The fourth-order valence-electron chi connectivity index (χ4n) is 2.13. The van der Waals surface area contributed by atoms with Gasteiger partial charge in [0, 0.05) is 5.69 Å². The Kier molecular flexibility index (Phi) is 5.95. The zero-order valence-corrected chi connectivity index (χ0v) is 14.1. The van der Waals surface area contributed by atoms with Crippen LogP contribution in [-0.4, -0.2) is 25.6 Å². The summed E-state index contributed by atoms with van der Waals surface area (Å²) in [4.78, 5) is 23.4. The van der Waals surface area contributed by atoms with Crippen molar-refractivity contribution in [2.24, 2.45) is 0 Å². The molecule has 0 radical (unpaired) electrons. The van der Waals surface area contributed by atoms with Crippen molar-refractivity contribution in [3.05, 3.63) is 59.2 Å². The van der Waals surface area contributed by atoms with E-state index in [-0.39, 0.29) is 18.9 Å². The molecule has 0 aliphatic rings. The number of methoxy groups -OCH3 is 1. The first-order valence-corrected chi connectivity index (χ1v) is 7.68. The first kappa shape index (κ1) is 17.5. The molecular formula is C19H21NO4. The van der Waals surface area contributed by atoms with Crippen molar-refractivity contribution in [1.82, 2.24) is 0 Å². The van der Waals surface area contributed by atoms with Crippen molar-refractivity contribution in [3.8, 4) is 5.75 Å². The Labute approximate surface area is 141 Å². The average molecular weight is 327 g/mol. The summed E-state index contributed by atoms with van der Waals surface area (Å²) in [6.07, 6.45) is 0.218. The molecule has 2 aromatic rings. The second-order valence-corrected chi connectivity index (χ2v) is 5.47. The lowest BCUT2D eigenvalue weighted by molar-refractivity contribution is -0.116. The summed E-state index contributed by atoms with van der Waals surface area (Å²) < 4.78 is 10.3. The van der Waals surface area contributed by atoms with Crippen LogP contribution in [0.1, 0.15) is 27.9 Å². The molecule has 5 heteroatoms. The highest BCUT2D eigenvalue weighted by atomic mass is 16.5. The van der Waals surface area contributed by atoms with Crippen molar-refractivity contribution in [2.75, 3.05) is 19.0 Å². The molecule has 0 bridgehead atoms. The van der Waals surface area contributed by atoms with Gasteiger partial charge in [-0.25, -0.2) is 4.79 Å². The first-order valence-electron chi connectivity index (χ1n) is 7.68. The van der Waals surface area contributed by atoms with Crippen LogP contribution < -0.4 is 10.1 Å². The van der Waals surface area contributed by atoms with Crippen LogP contribution >= 0.6 is 0 Å². The van der Waals surface area contributed by atoms with Crippen LogP contribution in [0.5, 0.6) is 5.75 Å². The fraction of sp³-hybridized carbons (Fsp3) is 0.263. The molecule has 0 aliphatic carbocycles. The lowest BCUT2D eigenvalue weighted by Gasteiger charge is -2.09. The van der Waals surface area contributed by atoms with Gasteiger partial charge < -0.3 is 14.8 Å². The summed E-state index contributed by atoms with van der Waals surface area (Å²) >= 11 is 0. The number of benzene rings is 2. The first-order chi connectivity index (χ1) is 11.5. The van der Waals surface area contributed by atoms with Gasteiger partial charge in [-0.2, -0.15) is 0 Å². The Morgan fingerprint density at radius 2 is 1.83 bits per heavy atom. The molecule has 1 amide bonds. The van der Waals surface area contributed by atoms with Crippen LogP contribution in [0.15, 0.2) is 42.5 Å². The van der Waals surface area contributed by atoms with E-state index in [0.29, 0.717) is 11.3 Å². The van der Waals surface area contributed by atoms with Crippen LogP contribution in [0, 0.1) is 13.8 Å². The van der Waals surface area contributed by atoms with Crippen LogP contribution in [0.4, 0.5) is 5.69 Å². The molecule has 126 valence electrons. The third kappa shape index (κ3) is 4.84. The predicted molar refractivity (Wildman–Crippen MR) is 92.4 cm³/mol. The Hall–Kier alpha value is -2.82. The second-order valence-electron chi connectivity index (χ2n) is 5.47. The van der Waals surface area contributed by atoms with Crippen LogP contribution in [0.3, 0.4) is 0 Å². The number of rotatable bonds is 6. The summed E-state index contributed by atoms with van der Waals surface area (Å²) in [5.74, 6) is 0.128. The maximum Gasteiger partial charge on any atom is 0.337 e. The second kappa shape index (κ2) is 8.15. The number of carbonyl (C=O) groups is 2. The van der Waals surface area contributed by atoms with Gasteiger partial charge in [0.05, 0.1) is 25.7 Å². The summed E-state index contributed by atoms with van der Waals surface area (Å²) in [5.41, 5.74) is 3.29. The van der Waals surface area contributed by atoms with Gasteiger partial charge in [-0.05, 0) is 55.3 Å². The number of ether oxygens (including phenoxy) is 2. The Morgan fingerprint density at radius 3 is 2.54 bits per heavy atom. The molecule has 0 aromatic heterocycles. The summed E-state index contributed by atoms with van der Waals surface area (Å²) in [5, 5.41) is 2.74. The van der Waals surface area contributed by atoms with Crippen molar-refractivity contribution in [3.63, 3.8) is 0 Å². The summed E-state index contributed by atoms with van der Waals surface area (Å²) in [6, 6.07) is 12.4. The van der Waals surface area contributed by atoms with Crippen LogP contribution in [0.25, 0.3) is 0 Å². The molecule has 0 fully saturated rings. The van der Waals surface area contributed by atoms with E-state index >= 15 is 0 Å². The third-order valence-electron chi connectivity index (χ3n) is 3.64. The van der Waals surface area contributed by atoms with E-state index in [1.54, 1.807) is 24.3 Å². The molecule has 0 saturated heterocycles. The molecule has 5 nitrogen and oxygen atoms in total. The van der Waals surface area contributed by atoms with E-state index < -0.39 is 5.97 Å². The average Bonchev–Trinajstić information content (AvgIpc) is 2.57. The highest BCUT2D eigenvalue weighted by molar-refractivity contribution is 5.94. The van der Waals surface area contributed by atoms with E-state index in [2.05, 4.69) is 10.1 Å². The number of aryl methyl sites for hydroxylation is 2. The molecular weight excluding hydrogens is 306 g/mol. The number of esters is 1. The Balaban J connectivity index is 1.85. The van der Waals surface area contributed by atoms with Gasteiger partial charge in [0.1, 0.15) is 5.75 Å². The molecule has 24 heavy (non-hydrogen) atoms. The zero-order valence-electron chi connectivity index (χ0n) is 14.1. The van der Waals surface area contributed by atoms with E-state index in [1.807, 2.05) is 32.0 Å². The highest BCUT2D eigenvalue weighted by Gasteiger charge is 2.08. The number of carbonyl (C=O) groups excluding carboxylic acids is 2. The van der Waals surface area contributed by atoms with E-state index in [0.717, 1.165) is 11.3 Å². The normalized spacial score (nSPS) is 10.1. The van der Waals surface area contributed by atoms with Gasteiger partial charge in [-0.15, -0.1) is 0 Å². The summed E-state index contributed by atoms with van der Waals surface area (Å²) in [6.45, 7) is 4.34. The highest BCUT2D eigenvalue weighted by Crippen LogP contribution is 2.17. The van der Waals surface area contributed by atoms with Crippen molar-refractivity contribution in [1.29, 1.82) is 0 Å². The standard InChI is InChI=1S/C19H21NO4/c1-13-7-8-17(11-14(13)2)24-10-9-18(21)20-16-6-4-5-15(12-16)19(22)23-3/h4-8,11-12H,9-10H2,1-3H3,(H,20,21). The van der Waals surface area contributed by atoms with Crippen LogP contribution in [0.2, 0.25) is 0 Å². The van der Waals surface area contributed by atoms with Gasteiger partial charge in [0.25, 0.3) is 0 Å². The minimum atomic E-state index is -0.441. The number of hydrogen-bond donors (Lipinski definition) is 1. The number of hydrogen-bond acceptors (Lipinski definition) is 4. The molecule has 2 aromatic carbocycles. The Bertz CT molecular complexity index is 740. The smallest absolute Gasteiger partial charge is 0.337 e. The van der Waals surface area contributed by atoms with Gasteiger partial charge in [0.2, 0.25) is 5.91 Å². The molecule has 0 unspecified atom stereocenters. The number of nitrogens with one attached hydrogen (secondary N) is 1. The predicted octanol–water partition coefficient (Wildman–Crippen LogP) is 3.50. The molecule has 0 spiro atoms. The lowest BCUT2D eigenvalue weighted by Crippen LogP contribution is -2.15. The lowest BCUT2D eigenvalue weighted by atomic mass is 10.1. The van der Waals surface area contributed by atoms with Gasteiger partial charge in [-0.3, -0.25) is 4.79 Å². The quantitative estimate of drug-likeness (QED) is 0.825. The van der Waals surface area contributed by atoms with Gasteiger partial charge in [0.15, 0.2) is 0 Å². The third-order valence-corrected chi connectivity index (χ3v) is 3.64. The molecule has 2 rings (SSSR count). The minimum absolute atomic E-state index is 0.180. The topological polar surface area (TPSA) is 64.6 Å². The summed E-state index contributed by atoms with van der Waals surface area (Å²) in [7, 11) is 1.32.